The third kappa shape index (κ3) is 2.76. The average Bonchev–Trinajstić information content (AvgIpc) is 3.11. The van der Waals surface area contributed by atoms with Gasteiger partial charge in [-0.1, -0.05) is 30.3 Å². The summed E-state index contributed by atoms with van der Waals surface area (Å²) >= 11 is 0. The number of rotatable bonds is 5. The molecule has 1 saturated heterocycles. The Morgan fingerprint density at radius 2 is 1.86 bits per heavy atom. The zero-order valence-electron chi connectivity index (χ0n) is 16.5. The summed E-state index contributed by atoms with van der Waals surface area (Å²) in [6, 6.07) is 14.4. The highest BCUT2D eigenvalue weighted by atomic mass is 16.5. The molecule has 2 aliphatic rings. The van der Waals surface area contributed by atoms with Crippen LogP contribution >= 0.6 is 0 Å². The van der Waals surface area contributed by atoms with Crippen LogP contribution in [0.25, 0.3) is 0 Å². The molecule has 0 saturated carbocycles. The first-order valence-electron chi connectivity index (χ1n) is 9.69. The van der Waals surface area contributed by atoms with Crippen LogP contribution in [-0.4, -0.2) is 41.9 Å². The van der Waals surface area contributed by atoms with Gasteiger partial charge in [-0.3, -0.25) is 19.3 Å². The van der Waals surface area contributed by atoms with E-state index in [2.05, 4.69) is 5.32 Å². The summed E-state index contributed by atoms with van der Waals surface area (Å²) in [4.78, 5) is 42.5. The number of ether oxygens (including phenoxy) is 1. The van der Waals surface area contributed by atoms with Gasteiger partial charge in [0.25, 0.3) is 11.8 Å². The number of nitrogens with one attached hydrogen (secondary N) is 1. The maximum absolute atomic E-state index is 13.5. The molecule has 1 atom stereocenters. The zero-order chi connectivity index (χ0) is 20.6. The van der Waals surface area contributed by atoms with E-state index in [9.17, 15) is 14.4 Å². The van der Waals surface area contributed by atoms with Crippen molar-refractivity contribution >= 4 is 23.4 Å². The Hall–Kier alpha value is -3.35. The van der Waals surface area contributed by atoms with Crippen molar-refractivity contribution in [1.82, 2.24) is 10.2 Å². The molecule has 2 aromatic rings. The maximum atomic E-state index is 13.5. The number of hydrogen-bond donors (Lipinski definition) is 1. The summed E-state index contributed by atoms with van der Waals surface area (Å²) in [5, 5.41) is 2.94. The molecule has 2 aromatic carbocycles. The molecule has 29 heavy (non-hydrogen) atoms. The van der Waals surface area contributed by atoms with Crippen molar-refractivity contribution in [3.63, 3.8) is 0 Å². The van der Waals surface area contributed by atoms with Crippen molar-refractivity contribution in [3.8, 4) is 5.75 Å². The van der Waals surface area contributed by atoms with Crippen molar-refractivity contribution in [3.05, 3.63) is 59.7 Å². The first-order chi connectivity index (χ1) is 14.0. The first kappa shape index (κ1) is 19.0. The van der Waals surface area contributed by atoms with Crippen molar-refractivity contribution in [2.75, 3.05) is 18.6 Å². The van der Waals surface area contributed by atoms with Crippen LogP contribution in [0.5, 0.6) is 5.75 Å². The molecule has 1 unspecified atom stereocenters. The lowest BCUT2D eigenvalue weighted by Crippen LogP contribution is -2.70. The second kappa shape index (κ2) is 7.24. The summed E-state index contributed by atoms with van der Waals surface area (Å²) < 4.78 is 5.35. The highest BCUT2D eigenvalue weighted by Crippen LogP contribution is 2.44. The number of fused-ring (bicyclic) bond motifs is 3. The van der Waals surface area contributed by atoms with Crippen molar-refractivity contribution < 1.29 is 19.1 Å². The van der Waals surface area contributed by atoms with Gasteiger partial charge in [0.2, 0.25) is 11.6 Å². The van der Waals surface area contributed by atoms with E-state index in [0.717, 1.165) is 5.56 Å². The minimum atomic E-state index is -1.35. The van der Waals surface area contributed by atoms with Gasteiger partial charge in [0, 0.05) is 31.5 Å². The Kier molecular flexibility index (Phi) is 4.74. The van der Waals surface area contributed by atoms with Gasteiger partial charge < -0.3 is 15.0 Å². The predicted molar refractivity (Wildman–Crippen MR) is 107 cm³/mol. The van der Waals surface area contributed by atoms with Gasteiger partial charge in [0.1, 0.15) is 5.75 Å². The van der Waals surface area contributed by atoms with E-state index in [1.807, 2.05) is 31.2 Å². The van der Waals surface area contributed by atoms with Gasteiger partial charge in [0.15, 0.2) is 0 Å². The molecule has 2 heterocycles. The molecule has 0 spiro atoms. The summed E-state index contributed by atoms with van der Waals surface area (Å²) in [6.45, 7) is 2.38. The molecule has 7 heteroatoms. The van der Waals surface area contributed by atoms with E-state index in [4.69, 9.17) is 4.74 Å². The molecule has 0 aromatic heterocycles. The van der Waals surface area contributed by atoms with Gasteiger partial charge in [-0.15, -0.1) is 0 Å². The number of benzene rings is 2. The lowest BCUT2D eigenvalue weighted by atomic mass is 9.95. The van der Waals surface area contributed by atoms with Crippen molar-refractivity contribution in [2.45, 2.75) is 32.0 Å². The molecule has 1 N–H and O–H groups in total. The topological polar surface area (TPSA) is 79.0 Å². The van der Waals surface area contributed by atoms with E-state index in [-0.39, 0.29) is 37.1 Å². The summed E-state index contributed by atoms with van der Waals surface area (Å²) in [6.07, 6.45) is 0.470. The molecule has 150 valence electrons. The van der Waals surface area contributed by atoms with Crippen LogP contribution in [0.3, 0.4) is 0 Å². The lowest BCUT2D eigenvalue weighted by molar-refractivity contribution is -0.133. The molecule has 3 amide bonds. The van der Waals surface area contributed by atoms with E-state index in [1.165, 1.54) is 9.80 Å². The van der Waals surface area contributed by atoms with Crippen molar-refractivity contribution in [2.24, 2.45) is 0 Å². The quantitative estimate of drug-likeness (QED) is 0.846. The van der Waals surface area contributed by atoms with E-state index in [1.54, 1.807) is 31.4 Å². The van der Waals surface area contributed by atoms with E-state index >= 15 is 0 Å². The second-order valence-corrected chi connectivity index (χ2v) is 7.11. The smallest absolute Gasteiger partial charge is 0.267 e. The van der Waals surface area contributed by atoms with Gasteiger partial charge in [-0.05, 0) is 25.1 Å². The van der Waals surface area contributed by atoms with Gasteiger partial charge >= 0.3 is 0 Å². The fraction of sp³-hybridized carbons (Fsp3) is 0.318. The number of anilines is 1. The molecule has 0 radical (unpaired) electrons. The molecule has 0 aliphatic carbocycles. The van der Waals surface area contributed by atoms with Gasteiger partial charge in [0.05, 0.1) is 18.4 Å². The van der Waals surface area contributed by atoms with Gasteiger partial charge in [-0.2, -0.15) is 0 Å². The van der Waals surface area contributed by atoms with Crippen LogP contribution in [0, 0.1) is 0 Å². The van der Waals surface area contributed by atoms with Crippen LogP contribution in [0.4, 0.5) is 5.69 Å². The Bertz CT molecular complexity index is 990. The lowest BCUT2D eigenvalue weighted by Gasteiger charge is -2.48. The highest BCUT2D eigenvalue weighted by Gasteiger charge is 2.60. The summed E-state index contributed by atoms with van der Waals surface area (Å²) in [5.74, 6) is -0.0849. The second-order valence-electron chi connectivity index (χ2n) is 7.11. The fourth-order valence-electron chi connectivity index (χ4n) is 4.37. The number of para-hydroxylation sites is 2. The Labute approximate surface area is 169 Å². The molecule has 1 fully saturated rings. The number of methoxy groups -OCH3 is 1. The molecule has 7 nitrogen and oxygen atoms in total. The molecular formula is C22H23N3O4. The van der Waals surface area contributed by atoms with Crippen LogP contribution in [-0.2, 0) is 16.1 Å². The van der Waals surface area contributed by atoms with Crippen LogP contribution in [0.2, 0.25) is 0 Å². The average molecular weight is 393 g/mol. The van der Waals surface area contributed by atoms with Crippen LogP contribution in [0.1, 0.15) is 35.7 Å². The third-order valence-corrected chi connectivity index (χ3v) is 5.69. The van der Waals surface area contributed by atoms with Gasteiger partial charge in [-0.25, -0.2) is 0 Å². The third-order valence-electron chi connectivity index (χ3n) is 5.69. The molecule has 4 rings (SSSR count). The molecule has 2 aliphatic heterocycles. The Morgan fingerprint density at radius 1 is 1.14 bits per heavy atom. The highest BCUT2D eigenvalue weighted by molar-refractivity contribution is 6.16. The number of likely N-dealkylation sites (N-methyl/N-ethyl adjacent to an activating group) is 1. The number of amides is 3. The minimum absolute atomic E-state index is 0.157. The SMILES string of the molecule is CCN1C(=O)c2ccccc2N2C(=O)CCC12C(=O)NCc1ccccc1OC. The minimum Gasteiger partial charge on any atom is -0.496 e. The number of carbonyl (C=O) groups is 3. The van der Waals surface area contributed by atoms with E-state index in [0.29, 0.717) is 23.5 Å². The van der Waals surface area contributed by atoms with Crippen molar-refractivity contribution in [1.29, 1.82) is 0 Å². The van der Waals surface area contributed by atoms with E-state index < -0.39 is 5.66 Å². The van der Waals surface area contributed by atoms with Crippen LogP contribution < -0.4 is 15.0 Å². The normalized spacial score (nSPS) is 20.3. The zero-order valence-corrected chi connectivity index (χ0v) is 16.5. The Balaban J connectivity index is 1.72. The summed E-state index contributed by atoms with van der Waals surface area (Å²) in [7, 11) is 1.58. The first-order valence-corrected chi connectivity index (χ1v) is 9.69. The number of nitrogens with zero attached hydrogens (tertiary/aromatic N) is 2. The maximum Gasteiger partial charge on any atom is 0.267 e. The monoisotopic (exact) mass is 393 g/mol. The fourth-order valence-corrected chi connectivity index (χ4v) is 4.37. The number of hydrogen-bond acceptors (Lipinski definition) is 4. The standard InChI is InChI=1S/C22H23N3O4/c1-3-24-20(27)16-9-5-6-10-17(16)25-19(26)12-13-22(24,25)21(28)23-14-15-8-4-7-11-18(15)29-2/h4-11H,3,12-14H2,1-2H3,(H,23,28). The number of carbonyl (C=O) groups excluding carboxylic acids is 3. The molecule has 0 bridgehead atoms. The Morgan fingerprint density at radius 3 is 2.62 bits per heavy atom. The molecular weight excluding hydrogens is 370 g/mol. The van der Waals surface area contributed by atoms with Crippen LogP contribution in [0.15, 0.2) is 48.5 Å². The largest absolute Gasteiger partial charge is 0.496 e. The summed E-state index contributed by atoms with van der Waals surface area (Å²) in [5.41, 5.74) is 0.412. The predicted octanol–water partition coefficient (Wildman–Crippen LogP) is 2.31.